The zero-order valence-electron chi connectivity index (χ0n) is 14.9. The lowest BCUT2D eigenvalue weighted by Crippen LogP contribution is -2.41. The molecule has 1 saturated carbocycles. The summed E-state index contributed by atoms with van der Waals surface area (Å²) in [5.41, 5.74) is 7.43. The molecule has 9 nitrogen and oxygen atoms in total. The zero-order valence-corrected chi connectivity index (χ0v) is 14.9. The maximum atomic E-state index is 12.3. The number of rotatable bonds is 3. The van der Waals surface area contributed by atoms with Crippen molar-refractivity contribution in [1.82, 2.24) is 0 Å². The summed E-state index contributed by atoms with van der Waals surface area (Å²) >= 11 is 0. The van der Waals surface area contributed by atoms with Gasteiger partial charge in [0.1, 0.15) is 18.1 Å². The lowest BCUT2D eigenvalue weighted by atomic mass is 9.88. The molecule has 0 bridgehead atoms. The van der Waals surface area contributed by atoms with Crippen molar-refractivity contribution < 1.29 is 19.1 Å². The molecule has 1 aromatic rings. The van der Waals surface area contributed by atoms with E-state index in [1.165, 1.54) is 0 Å². The molecule has 3 aliphatic heterocycles. The number of benzene rings is 1. The monoisotopic (exact) mass is 379 g/mol. The smallest absolute Gasteiger partial charge is 0.269 e. The third-order valence-corrected chi connectivity index (χ3v) is 5.53. The summed E-state index contributed by atoms with van der Waals surface area (Å²) in [5.74, 6) is -0.685. The summed E-state index contributed by atoms with van der Waals surface area (Å²) < 4.78 is 5.16. The fraction of sp³-hybridized carbons (Fsp3) is 0.316. The van der Waals surface area contributed by atoms with Gasteiger partial charge in [0.2, 0.25) is 0 Å². The van der Waals surface area contributed by atoms with Gasteiger partial charge in [-0.05, 0) is 24.3 Å². The molecule has 0 radical (unpaired) electrons. The molecule has 2 N–H and O–H groups in total. The Labute approximate surface area is 160 Å². The highest BCUT2D eigenvalue weighted by Crippen LogP contribution is 2.56. The van der Waals surface area contributed by atoms with Crippen LogP contribution in [0.1, 0.15) is 6.42 Å². The Hall–Kier alpha value is -3.33. The first-order chi connectivity index (χ1) is 13.5. The highest BCUT2D eigenvalue weighted by atomic mass is 16.5. The van der Waals surface area contributed by atoms with Gasteiger partial charge in [0.15, 0.2) is 5.70 Å². The lowest BCUT2D eigenvalue weighted by molar-refractivity contribution is -0.125. The van der Waals surface area contributed by atoms with Gasteiger partial charge in [0, 0.05) is 42.7 Å². The van der Waals surface area contributed by atoms with Crippen LogP contribution in [0.3, 0.4) is 0 Å². The first-order valence-corrected chi connectivity index (χ1v) is 8.96. The molecule has 9 heteroatoms. The van der Waals surface area contributed by atoms with Crippen LogP contribution < -0.4 is 15.5 Å². The van der Waals surface area contributed by atoms with Gasteiger partial charge < -0.3 is 20.3 Å². The van der Waals surface area contributed by atoms with Crippen molar-refractivity contribution in [2.24, 2.45) is 21.4 Å². The minimum Gasteiger partial charge on any atom is -0.370 e. The molecule has 3 heterocycles. The zero-order chi connectivity index (χ0) is 19.5. The number of hydrogen-bond donors (Lipinski definition) is 1. The van der Waals surface area contributed by atoms with E-state index in [-0.39, 0.29) is 24.0 Å². The number of Topliss-reactive ketones (excluding diaryl/α,β-unsaturated/α-hetero) is 1. The fourth-order valence-electron chi connectivity index (χ4n) is 4.01. The maximum Gasteiger partial charge on any atom is 0.269 e. The van der Waals surface area contributed by atoms with Gasteiger partial charge in [-0.25, -0.2) is 0 Å². The van der Waals surface area contributed by atoms with Crippen LogP contribution in [0.4, 0.5) is 11.4 Å². The Morgan fingerprint density at radius 2 is 1.86 bits per heavy atom. The van der Waals surface area contributed by atoms with E-state index in [4.69, 9.17) is 10.5 Å². The van der Waals surface area contributed by atoms with Gasteiger partial charge in [-0.15, -0.1) is 10.2 Å². The van der Waals surface area contributed by atoms with Crippen molar-refractivity contribution >= 4 is 29.0 Å². The summed E-state index contributed by atoms with van der Waals surface area (Å²) in [7, 11) is 0. The van der Waals surface area contributed by atoms with Gasteiger partial charge in [-0.3, -0.25) is 14.4 Å². The molecule has 5 rings (SSSR count). The van der Waals surface area contributed by atoms with Crippen LogP contribution >= 0.6 is 0 Å². The number of nitrogens with zero attached hydrogens (tertiary/aromatic N) is 4. The number of carbonyl (C=O) groups excluding carboxylic acids is 3. The highest BCUT2D eigenvalue weighted by Gasteiger charge is 2.62. The summed E-state index contributed by atoms with van der Waals surface area (Å²) in [6, 6.07) is 7.53. The van der Waals surface area contributed by atoms with Crippen molar-refractivity contribution in [2.45, 2.75) is 6.42 Å². The second-order valence-corrected chi connectivity index (χ2v) is 7.23. The summed E-state index contributed by atoms with van der Waals surface area (Å²) in [6.45, 7) is 1.53. The number of carbonyl (C=O) groups is 3. The molecule has 1 aromatic carbocycles. The van der Waals surface area contributed by atoms with E-state index in [2.05, 4.69) is 10.2 Å². The van der Waals surface area contributed by atoms with Crippen LogP contribution in [0.25, 0.3) is 0 Å². The van der Waals surface area contributed by atoms with Crippen molar-refractivity contribution in [2.75, 3.05) is 36.1 Å². The van der Waals surface area contributed by atoms with E-state index >= 15 is 0 Å². The number of fused-ring (bicyclic) bond motifs is 2. The van der Waals surface area contributed by atoms with E-state index in [9.17, 15) is 14.4 Å². The van der Waals surface area contributed by atoms with Crippen molar-refractivity contribution in [3.05, 3.63) is 47.4 Å². The summed E-state index contributed by atoms with van der Waals surface area (Å²) in [6.07, 6.45) is 2.12. The van der Waals surface area contributed by atoms with E-state index in [1.807, 2.05) is 29.2 Å². The fourth-order valence-corrected chi connectivity index (χ4v) is 4.01. The van der Waals surface area contributed by atoms with E-state index in [0.29, 0.717) is 37.4 Å². The predicted molar refractivity (Wildman–Crippen MR) is 98.2 cm³/mol. The van der Waals surface area contributed by atoms with Crippen LogP contribution in [-0.4, -0.2) is 43.9 Å². The molecular formula is C19H17N5O4. The Morgan fingerprint density at radius 1 is 1.14 bits per heavy atom. The van der Waals surface area contributed by atoms with Gasteiger partial charge in [0.05, 0.1) is 12.0 Å². The number of primary amides is 1. The molecule has 2 fully saturated rings. The molecule has 1 aliphatic carbocycles. The molecule has 1 unspecified atom stereocenters. The van der Waals surface area contributed by atoms with Crippen LogP contribution in [0.15, 0.2) is 57.7 Å². The number of anilines is 2. The normalized spacial score (nSPS) is 26.1. The molecule has 1 spiro atoms. The standard InChI is InChI=1S/C19H17N5O4/c20-18(27)17-16-13(21-22-17)8-23(10-19(16)7-14(19)25)11-1-3-12(4-2-11)24-5-6-28-9-15(24)26/h1-4,8H,5-7,9-10H2,(H2,20,27). The van der Waals surface area contributed by atoms with Crippen molar-refractivity contribution in [1.29, 1.82) is 0 Å². The van der Waals surface area contributed by atoms with Crippen LogP contribution in [0.2, 0.25) is 0 Å². The summed E-state index contributed by atoms with van der Waals surface area (Å²) in [5, 5.41) is 7.95. The topological polar surface area (TPSA) is 118 Å². The van der Waals surface area contributed by atoms with Crippen LogP contribution in [0.5, 0.6) is 0 Å². The van der Waals surface area contributed by atoms with Crippen molar-refractivity contribution in [3.8, 4) is 0 Å². The number of hydrogen-bond acceptors (Lipinski definition) is 7. The molecule has 4 aliphatic rings. The molecule has 28 heavy (non-hydrogen) atoms. The number of nitrogens with two attached hydrogens (primary N) is 1. The molecule has 1 atom stereocenters. The number of allylic oxidation sites excluding steroid dienone is 1. The molecule has 142 valence electrons. The Balaban J connectivity index is 1.47. The second-order valence-electron chi connectivity index (χ2n) is 7.23. The van der Waals surface area contributed by atoms with Gasteiger partial charge in [-0.2, -0.15) is 0 Å². The van der Waals surface area contributed by atoms with Gasteiger partial charge in [0.25, 0.3) is 11.8 Å². The molecule has 0 aromatic heterocycles. The van der Waals surface area contributed by atoms with Crippen LogP contribution in [-0.2, 0) is 19.1 Å². The number of ketones is 1. The Bertz CT molecular complexity index is 1010. The number of morpholine rings is 1. The third kappa shape index (κ3) is 2.40. The van der Waals surface area contributed by atoms with Gasteiger partial charge >= 0.3 is 0 Å². The van der Waals surface area contributed by atoms with E-state index < -0.39 is 11.3 Å². The first kappa shape index (κ1) is 16.8. The second kappa shape index (κ2) is 5.83. The predicted octanol–water partition coefficient (Wildman–Crippen LogP) is 0.876. The molecule has 2 amide bonds. The van der Waals surface area contributed by atoms with Crippen LogP contribution in [0, 0.1) is 5.41 Å². The number of amides is 2. The number of ether oxygens (including phenoxy) is 1. The highest BCUT2D eigenvalue weighted by molar-refractivity contribution is 6.09. The third-order valence-electron chi connectivity index (χ3n) is 5.53. The molecule has 1 saturated heterocycles. The minimum absolute atomic E-state index is 0.0553. The quantitative estimate of drug-likeness (QED) is 0.836. The van der Waals surface area contributed by atoms with E-state index in [1.54, 1.807) is 11.1 Å². The largest absolute Gasteiger partial charge is 0.370 e. The van der Waals surface area contributed by atoms with Crippen molar-refractivity contribution in [3.63, 3.8) is 0 Å². The lowest BCUT2D eigenvalue weighted by Gasteiger charge is -2.32. The average Bonchev–Trinajstić information content (AvgIpc) is 3.12. The van der Waals surface area contributed by atoms with E-state index in [0.717, 1.165) is 11.4 Å². The number of azo groups is 1. The average molecular weight is 379 g/mol. The molecular weight excluding hydrogens is 362 g/mol. The van der Waals surface area contributed by atoms with Gasteiger partial charge in [-0.1, -0.05) is 0 Å². The Kier molecular flexibility index (Phi) is 3.50. The maximum absolute atomic E-state index is 12.3. The Morgan fingerprint density at radius 3 is 2.50 bits per heavy atom. The first-order valence-electron chi connectivity index (χ1n) is 8.96. The summed E-state index contributed by atoms with van der Waals surface area (Å²) in [4.78, 5) is 39.6. The minimum atomic E-state index is -0.767. The SMILES string of the molecule is NC(=O)C1=C2C(=CN(c3ccc(N4CCOCC4=O)cc3)CC23CC3=O)N=N1.